The molecule has 3 amide bonds. The van der Waals surface area contributed by atoms with Crippen LogP contribution < -0.4 is 15.5 Å². The van der Waals surface area contributed by atoms with E-state index in [1.54, 1.807) is 51.1 Å². The Labute approximate surface area is 222 Å². The number of halogens is 2. The maximum atomic E-state index is 14.4. The van der Waals surface area contributed by atoms with Crippen LogP contribution >= 0.6 is 11.6 Å². The topological polar surface area (TPSA) is 87.7 Å². The largest absolute Gasteiger partial charge is 0.444 e. The Hall–Kier alpha value is -3.13. The van der Waals surface area contributed by atoms with Crippen LogP contribution in [0.3, 0.4) is 0 Å². The van der Waals surface area contributed by atoms with Crippen molar-refractivity contribution in [1.82, 2.24) is 10.6 Å². The molecule has 9 heteroatoms. The van der Waals surface area contributed by atoms with Gasteiger partial charge in [-0.05, 0) is 64.8 Å². The monoisotopic (exact) mass is 531 g/mol. The van der Waals surface area contributed by atoms with Crippen molar-refractivity contribution in [3.05, 3.63) is 64.9 Å². The molecule has 37 heavy (non-hydrogen) atoms. The number of hydrogen-bond acceptors (Lipinski definition) is 4. The van der Waals surface area contributed by atoms with Gasteiger partial charge in [0.2, 0.25) is 11.8 Å². The standard InChI is InChI=1S/C28H35ClFN3O4/c1-18(31-27(36)37-28(2,3)4)26(35)33(21-14-10-11-19(30)17-21)24(22-15-8-9-16-23(22)29)25(34)32-20-12-6-5-7-13-20/h8-11,14-18,20,24H,5-7,12-13H2,1-4H3,(H,31,36)(H,32,34)/t18-,24?/m0/s1. The van der Waals surface area contributed by atoms with Gasteiger partial charge in [-0.1, -0.05) is 55.1 Å². The van der Waals surface area contributed by atoms with Gasteiger partial charge in [-0.3, -0.25) is 14.5 Å². The summed E-state index contributed by atoms with van der Waals surface area (Å²) in [5.74, 6) is -1.63. The van der Waals surface area contributed by atoms with Crippen LogP contribution in [0.2, 0.25) is 5.02 Å². The second-order valence-electron chi connectivity index (χ2n) is 10.3. The summed E-state index contributed by atoms with van der Waals surface area (Å²) in [6.45, 7) is 6.62. The van der Waals surface area contributed by atoms with E-state index in [4.69, 9.17) is 16.3 Å². The molecule has 0 heterocycles. The van der Waals surface area contributed by atoms with Gasteiger partial charge in [0.1, 0.15) is 23.5 Å². The number of amides is 3. The minimum Gasteiger partial charge on any atom is -0.444 e. The summed E-state index contributed by atoms with van der Waals surface area (Å²) in [4.78, 5) is 41.3. The average Bonchev–Trinajstić information content (AvgIpc) is 2.82. The molecule has 1 fully saturated rings. The zero-order chi connectivity index (χ0) is 27.2. The number of ether oxygens (including phenoxy) is 1. The summed E-state index contributed by atoms with van der Waals surface area (Å²) in [7, 11) is 0. The van der Waals surface area contributed by atoms with Crippen molar-refractivity contribution in [1.29, 1.82) is 0 Å². The number of nitrogens with one attached hydrogen (secondary N) is 2. The lowest BCUT2D eigenvalue weighted by atomic mass is 9.94. The van der Waals surface area contributed by atoms with Crippen LogP contribution in [0.1, 0.15) is 71.4 Å². The fourth-order valence-corrected chi connectivity index (χ4v) is 4.64. The van der Waals surface area contributed by atoms with Crippen LogP contribution in [0.25, 0.3) is 0 Å². The maximum Gasteiger partial charge on any atom is 0.408 e. The van der Waals surface area contributed by atoms with Gasteiger partial charge in [-0.2, -0.15) is 0 Å². The number of carbonyl (C=O) groups excluding carboxylic acids is 3. The number of nitrogens with zero attached hydrogens (tertiary/aromatic N) is 1. The molecule has 0 bridgehead atoms. The van der Waals surface area contributed by atoms with Crippen LogP contribution in [0.4, 0.5) is 14.9 Å². The molecule has 1 aliphatic rings. The predicted molar refractivity (Wildman–Crippen MR) is 142 cm³/mol. The third-order valence-electron chi connectivity index (χ3n) is 6.09. The lowest BCUT2D eigenvalue weighted by Crippen LogP contribution is -2.53. The predicted octanol–water partition coefficient (Wildman–Crippen LogP) is 5.92. The summed E-state index contributed by atoms with van der Waals surface area (Å²) in [5, 5.41) is 5.89. The molecule has 2 aromatic carbocycles. The minimum atomic E-state index is -1.20. The summed E-state index contributed by atoms with van der Waals surface area (Å²) >= 11 is 6.53. The van der Waals surface area contributed by atoms with Crippen molar-refractivity contribution >= 4 is 35.2 Å². The highest BCUT2D eigenvalue weighted by Crippen LogP contribution is 2.33. The number of anilines is 1. The highest BCUT2D eigenvalue weighted by molar-refractivity contribution is 6.31. The molecule has 0 spiro atoms. The Balaban J connectivity index is 2.04. The van der Waals surface area contributed by atoms with E-state index < -0.39 is 41.4 Å². The highest BCUT2D eigenvalue weighted by Gasteiger charge is 2.37. The van der Waals surface area contributed by atoms with Crippen LogP contribution in [0, 0.1) is 5.82 Å². The van der Waals surface area contributed by atoms with Crippen molar-refractivity contribution in [2.75, 3.05) is 4.90 Å². The summed E-state index contributed by atoms with van der Waals surface area (Å²) in [6.07, 6.45) is 4.02. The molecule has 0 saturated heterocycles. The quantitative estimate of drug-likeness (QED) is 0.464. The van der Waals surface area contributed by atoms with Gasteiger partial charge in [0.25, 0.3) is 0 Å². The smallest absolute Gasteiger partial charge is 0.408 e. The van der Waals surface area contributed by atoms with Gasteiger partial charge in [0.15, 0.2) is 0 Å². The minimum absolute atomic E-state index is 0.0342. The second kappa shape index (κ2) is 12.4. The Kier molecular flexibility index (Phi) is 9.54. The van der Waals surface area contributed by atoms with E-state index in [1.807, 2.05) is 0 Å². The van der Waals surface area contributed by atoms with Crippen LogP contribution in [0.5, 0.6) is 0 Å². The third kappa shape index (κ3) is 7.92. The van der Waals surface area contributed by atoms with E-state index in [2.05, 4.69) is 10.6 Å². The molecule has 0 radical (unpaired) electrons. The molecule has 1 unspecified atom stereocenters. The zero-order valence-corrected chi connectivity index (χ0v) is 22.5. The Morgan fingerprint density at radius 3 is 2.35 bits per heavy atom. The number of benzene rings is 2. The van der Waals surface area contributed by atoms with Crippen molar-refractivity contribution in [2.45, 2.75) is 83.5 Å². The van der Waals surface area contributed by atoms with E-state index in [0.29, 0.717) is 5.56 Å². The zero-order valence-electron chi connectivity index (χ0n) is 21.7. The number of alkyl carbamates (subject to hydrolysis) is 1. The Morgan fingerprint density at radius 1 is 1.05 bits per heavy atom. The van der Waals surface area contributed by atoms with Crippen molar-refractivity contribution < 1.29 is 23.5 Å². The van der Waals surface area contributed by atoms with E-state index in [1.165, 1.54) is 30.0 Å². The van der Waals surface area contributed by atoms with Crippen molar-refractivity contribution in [3.8, 4) is 0 Å². The molecule has 200 valence electrons. The molecule has 2 atom stereocenters. The first-order valence-electron chi connectivity index (χ1n) is 12.6. The SMILES string of the molecule is C[C@H](NC(=O)OC(C)(C)C)C(=O)N(c1cccc(F)c1)C(C(=O)NC1CCCCC1)c1ccccc1Cl. The maximum absolute atomic E-state index is 14.4. The van der Waals surface area contributed by atoms with Crippen molar-refractivity contribution in [3.63, 3.8) is 0 Å². The molecule has 1 aliphatic carbocycles. The Morgan fingerprint density at radius 2 is 1.73 bits per heavy atom. The van der Waals surface area contributed by atoms with Crippen LogP contribution in [-0.2, 0) is 14.3 Å². The van der Waals surface area contributed by atoms with Gasteiger partial charge in [-0.25, -0.2) is 9.18 Å². The van der Waals surface area contributed by atoms with E-state index in [0.717, 1.165) is 32.1 Å². The fourth-order valence-electron chi connectivity index (χ4n) is 4.41. The van der Waals surface area contributed by atoms with E-state index in [-0.39, 0.29) is 16.8 Å². The first kappa shape index (κ1) is 28.4. The average molecular weight is 532 g/mol. The number of hydrogen-bond donors (Lipinski definition) is 2. The van der Waals surface area contributed by atoms with Gasteiger partial charge in [0, 0.05) is 22.3 Å². The summed E-state index contributed by atoms with van der Waals surface area (Å²) in [5.41, 5.74) is -0.221. The van der Waals surface area contributed by atoms with Crippen LogP contribution in [0.15, 0.2) is 48.5 Å². The van der Waals surface area contributed by atoms with Crippen molar-refractivity contribution in [2.24, 2.45) is 0 Å². The molecular formula is C28H35ClFN3O4. The lowest BCUT2D eigenvalue weighted by molar-refractivity contribution is -0.127. The van der Waals surface area contributed by atoms with Gasteiger partial charge >= 0.3 is 6.09 Å². The van der Waals surface area contributed by atoms with E-state index >= 15 is 0 Å². The molecule has 3 rings (SSSR count). The first-order valence-corrected chi connectivity index (χ1v) is 13.0. The second-order valence-corrected chi connectivity index (χ2v) is 10.7. The van der Waals surface area contributed by atoms with Gasteiger partial charge < -0.3 is 15.4 Å². The fraction of sp³-hybridized carbons (Fsp3) is 0.464. The normalized spacial score (nSPS) is 15.8. The highest BCUT2D eigenvalue weighted by atomic mass is 35.5. The number of rotatable bonds is 7. The first-order chi connectivity index (χ1) is 17.5. The van der Waals surface area contributed by atoms with Gasteiger partial charge in [0.05, 0.1) is 0 Å². The van der Waals surface area contributed by atoms with E-state index in [9.17, 15) is 18.8 Å². The van der Waals surface area contributed by atoms with Crippen LogP contribution in [-0.4, -0.2) is 35.6 Å². The van der Waals surface area contributed by atoms with Gasteiger partial charge in [-0.15, -0.1) is 0 Å². The number of carbonyl (C=O) groups is 3. The molecule has 1 saturated carbocycles. The third-order valence-corrected chi connectivity index (χ3v) is 6.43. The lowest BCUT2D eigenvalue weighted by Gasteiger charge is -2.35. The summed E-state index contributed by atoms with van der Waals surface area (Å²) in [6, 6.07) is 9.84. The molecule has 2 N–H and O–H groups in total. The molecular weight excluding hydrogens is 497 g/mol. The summed E-state index contributed by atoms with van der Waals surface area (Å²) < 4.78 is 19.6. The molecule has 7 nitrogen and oxygen atoms in total. The molecule has 2 aromatic rings. The molecule has 0 aromatic heterocycles. The Bertz CT molecular complexity index is 1110. The molecule has 0 aliphatic heterocycles.